The fourth-order valence-corrected chi connectivity index (χ4v) is 1.72. The van der Waals surface area contributed by atoms with Crippen LogP contribution in [0.2, 0.25) is 0 Å². The van der Waals surface area contributed by atoms with Crippen molar-refractivity contribution in [1.82, 2.24) is 0 Å². The zero-order valence-electron chi connectivity index (χ0n) is 11.3. The summed E-state index contributed by atoms with van der Waals surface area (Å²) in [6.07, 6.45) is 0. The summed E-state index contributed by atoms with van der Waals surface area (Å²) in [7, 11) is 1.54. The summed E-state index contributed by atoms with van der Waals surface area (Å²) in [6.45, 7) is 1.76. The van der Waals surface area contributed by atoms with E-state index in [1.165, 1.54) is 13.2 Å². The molecule has 104 valence electrons. The van der Waals surface area contributed by atoms with Crippen LogP contribution in [0.15, 0.2) is 36.4 Å². The van der Waals surface area contributed by atoms with Crippen molar-refractivity contribution in [3.05, 3.63) is 47.5 Å². The molecule has 0 spiro atoms. The van der Waals surface area contributed by atoms with E-state index in [0.717, 1.165) is 0 Å². The first-order valence-corrected chi connectivity index (χ1v) is 6.05. The molecule has 0 aromatic heterocycles. The molecule has 20 heavy (non-hydrogen) atoms. The van der Waals surface area contributed by atoms with Crippen LogP contribution in [0.4, 0.5) is 11.4 Å². The number of methoxy groups -OCH3 is 1. The normalized spacial score (nSPS) is 10.1. The number of nitrogens with two attached hydrogens (primary N) is 1. The van der Waals surface area contributed by atoms with Crippen LogP contribution in [0, 0.1) is 6.92 Å². The van der Waals surface area contributed by atoms with Crippen LogP contribution in [0.3, 0.4) is 0 Å². The van der Waals surface area contributed by atoms with Gasteiger partial charge in [0.25, 0.3) is 5.91 Å². The number of hydrogen-bond acceptors (Lipinski definition) is 4. The maximum Gasteiger partial charge on any atom is 0.255 e. The number of nitrogen functional groups attached to an aromatic ring is 1. The molecule has 0 saturated heterocycles. The lowest BCUT2D eigenvalue weighted by Gasteiger charge is -2.10. The molecule has 0 aliphatic heterocycles. The molecular weight excluding hydrogens is 256 g/mol. The van der Waals surface area contributed by atoms with Gasteiger partial charge in [-0.1, -0.05) is 6.07 Å². The SMILES string of the molecule is COc1ccc(N)c(NC(=O)c2ccc(C)c(O)c2)c1. The molecule has 0 aliphatic rings. The predicted octanol–water partition coefficient (Wildman–Crippen LogP) is 2.54. The van der Waals surface area contributed by atoms with Gasteiger partial charge in [0.05, 0.1) is 18.5 Å². The van der Waals surface area contributed by atoms with E-state index in [-0.39, 0.29) is 11.7 Å². The number of rotatable bonds is 3. The lowest BCUT2D eigenvalue weighted by Crippen LogP contribution is -2.13. The maximum atomic E-state index is 12.1. The van der Waals surface area contributed by atoms with Crippen LogP contribution in [0.5, 0.6) is 11.5 Å². The molecule has 5 nitrogen and oxygen atoms in total. The Hall–Kier alpha value is -2.69. The Morgan fingerprint density at radius 3 is 2.65 bits per heavy atom. The summed E-state index contributed by atoms with van der Waals surface area (Å²) >= 11 is 0. The summed E-state index contributed by atoms with van der Waals surface area (Å²) < 4.78 is 5.09. The van der Waals surface area contributed by atoms with Crippen LogP contribution in [-0.2, 0) is 0 Å². The van der Waals surface area contributed by atoms with Gasteiger partial charge in [0.1, 0.15) is 11.5 Å². The second-order valence-electron chi connectivity index (χ2n) is 4.41. The van der Waals surface area contributed by atoms with Gasteiger partial charge >= 0.3 is 0 Å². The van der Waals surface area contributed by atoms with Crippen molar-refractivity contribution in [2.45, 2.75) is 6.92 Å². The average molecular weight is 272 g/mol. The van der Waals surface area contributed by atoms with Crippen molar-refractivity contribution in [3.8, 4) is 11.5 Å². The average Bonchev–Trinajstić information content (AvgIpc) is 2.44. The number of carbonyl (C=O) groups excluding carboxylic acids is 1. The minimum absolute atomic E-state index is 0.0799. The molecule has 0 heterocycles. The molecule has 2 rings (SSSR count). The summed E-state index contributed by atoms with van der Waals surface area (Å²) in [4.78, 5) is 12.1. The highest BCUT2D eigenvalue weighted by Crippen LogP contribution is 2.25. The Kier molecular flexibility index (Phi) is 3.79. The lowest BCUT2D eigenvalue weighted by molar-refractivity contribution is 0.102. The number of hydrogen-bond donors (Lipinski definition) is 3. The van der Waals surface area contributed by atoms with Crippen LogP contribution < -0.4 is 15.8 Å². The van der Waals surface area contributed by atoms with E-state index < -0.39 is 0 Å². The number of aromatic hydroxyl groups is 1. The minimum Gasteiger partial charge on any atom is -0.508 e. The molecule has 0 unspecified atom stereocenters. The van der Waals surface area contributed by atoms with Crippen molar-refractivity contribution in [1.29, 1.82) is 0 Å². The summed E-state index contributed by atoms with van der Waals surface area (Å²) in [5.74, 6) is 0.331. The number of phenols is 1. The Balaban J connectivity index is 2.25. The largest absolute Gasteiger partial charge is 0.508 e. The maximum absolute atomic E-state index is 12.1. The first-order chi connectivity index (χ1) is 9.51. The quantitative estimate of drug-likeness (QED) is 0.750. The van der Waals surface area contributed by atoms with Gasteiger partial charge in [-0.2, -0.15) is 0 Å². The molecule has 5 heteroatoms. The number of benzene rings is 2. The van der Waals surface area contributed by atoms with E-state index in [4.69, 9.17) is 10.5 Å². The van der Waals surface area contributed by atoms with Crippen LogP contribution in [0.25, 0.3) is 0 Å². The number of ether oxygens (including phenoxy) is 1. The van der Waals surface area contributed by atoms with Crippen LogP contribution in [-0.4, -0.2) is 18.1 Å². The van der Waals surface area contributed by atoms with E-state index in [2.05, 4.69) is 5.32 Å². The first kappa shape index (κ1) is 13.7. The highest BCUT2D eigenvalue weighted by Gasteiger charge is 2.10. The van der Waals surface area contributed by atoms with Gasteiger partial charge in [0.15, 0.2) is 0 Å². The summed E-state index contributed by atoms with van der Waals surface area (Å²) in [6, 6.07) is 9.74. The predicted molar refractivity (Wildman–Crippen MR) is 78.2 cm³/mol. The Bertz CT molecular complexity index is 654. The van der Waals surface area contributed by atoms with Crippen molar-refractivity contribution in [3.63, 3.8) is 0 Å². The molecule has 2 aromatic carbocycles. The lowest BCUT2D eigenvalue weighted by atomic mass is 10.1. The van der Waals surface area contributed by atoms with Crippen molar-refractivity contribution in [2.24, 2.45) is 0 Å². The molecular formula is C15H16N2O3. The van der Waals surface area contributed by atoms with Gasteiger partial charge in [0, 0.05) is 11.6 Å². The van der Waals surface area contributed by atoms with Crippen LogP contribution in [0.1, 0.15) is 15.9 Å². The van der Waals surface area contributed by atoms with Gasteiger partial charge in [-0.05, 0) is 36.8 Å². The molecule has 0 bridgehead atoms. The molecule has 0 radical (unpaired) electrons. The third-order valence-corrected chi connectivity index (χ3v) is 2.98. The number of phenolic OH excluding ortho intramolecular Hbond substituents is 1. The monoisotopic (exact) mass is 272 g/mol. The van der Waals surface area contributed by atoms with E-state index in [1.807, 2.05) is 0 Å². The minimum atomic E-state index is -0.347. The molecule has 0 aliphatic carbocycles. The fourth-order valence-electron chi connectivity index (χ4n) is 1.72. The summed E-state index contributed by atoms with van der Waals surface area (Å²) in [5.41, 5.74) is 7.78. The van der Waals surface area contributed by atoms with Crippen molar-refractivity contribution >= 4 is 17.3 Å². The van der Waals surface area contributed by atoms with Crippen LogP contribution >= 0.6 is 0 Å². The molecule has 1 amide bonds. The molecule has 0 saturated carbocycles. The first-order valence-electron chi connectivity index (χ1n) is 6.05. The number of anilines is 2. The van der Waals surface area contributed by atoms with Gasteiger partial charge in [-0.15, -0.1) is 0 Å². The standard InChI is InChI=1S/C15H16N2O3/c1-9-3-4-10(7-14(9)18)15(19)17-13-8-11(20-2)5-6-12(13)16/h3-8,18H,16H2,1-2H3,(H,17,19). The summed E-state index contributed by atoms with van der Waals surface area (Å²) in [5, 5.41) is 12.3. The Labute approximate surface area is 117 Å². The third-order valence-electron chi connectivity index (χ3n) is 2.98. The second kappa shape index (κ2) is 5.52. The van der Waals surface area contributed by atoms with E-state index >= 15 is 0 Å². The molecule has 0 atom stereocenters. The topological polar surface area (TPSA) is 84.6 Å². The number of aryl methyl sites for hydroxylation is 1. The van der Waals surface area contributed by atoms with Gasteiger partial charge in [0.2, 0.25) is 0 Å². The smallest absolute Gasteiger partial charge is 0.255 e. The van der Waals surface area contributed by atoms with E-state index in [0.29, 0.717) is 28.3 Å². The second-order valence-corrected chi connectivity index (χ2v) is 4.41. The Morgan fingerprint density at radius 1 is 1.25 bits per heavy atom. The highest BCUT2D eigenvalue weighted by molar-refractivity contribution is 6.06. The van der Waals surface area contributed by atoms with Gasteiger partial charge in [-0.3, -0.25) is 4.79 Å². The number of nitrogens with one attached hydrogen (secondary N) is 1. The molecule has 4 N–H and O–H groups in total. The molecule has 2 aromatic rings. The van der Waals surface area contributed by atoms with Crippen molar-refractivity contribution < 1.29 is 14.6 Å². The fraction of sp³-hybridized carbons (Fsp3) is 0.133. The van der Waals surface area contributed by atoms with Crippen molar-refractivity contribution in [2.75, 3.05) is 18.2 Å². The number of amides is 1. The van der Waals surface area contributed by atoms with Gasteiger partial charge < -0.3 is 20.9 Å². The third kappa shape index (κ3) is 2.83. The highest BCUT2D eigenvalue weighted by atomic mass is 16.5. The van der Waals surface area contributed by atoms with E-state index in [9.17, 15) is 9.90 Å². The number of carbonyl (C=O) groups is 1. The zero-order chi connectivity index (χ0) is 14.7. The zero-order valence-corrected chi connectivity index (χ0v) is 11.3. The van der Waals surface area contributed by atoms with Gasteiger partial charge in [-0.25, -0.2) is 0 Å². The molecule has 0 fully saturated rings. The van der Waals surface area contributed by atoms with E-state index in [1.54, 1.807) is 37.3 Å². The Morgan fingerprint density at radius 2 is 2.00 bits per heavy atom.